The number of anilines is 1. The minimum atomic E-state index is 0.573. The lowest BCUT2D eigenvalue weighted by atomic mass is 10.3. The Morgan fingerprint density at radius 1 is 1.50 bits per heavy atom. The normalized spacial score (nSPS) is 9.67. The van der Waals surface area contributed by atoms with Crippen molar-refractivity contribution in [2.75, 3.05) is 12.4 Å². The van der Waals surface area contributed by atoms with Crippen LogP contribution in [0.2, 0.25) is 0 Å². The van der Waals surface area contributed by atoms with Crippen LogP contribution in [0.15, 0.2) is 18.5 Å². The molecule has 60 valence electrons. The van der Waals surface area contributed by atoms with Crippen LogP contribution < -0.4 is 5.32 Å². The fourth-order valence-electron chi connectivity index (χ4n) is 0.687. The molecule has 0 radical (unpaired) electrons. The van der Waals surface area contributed by atoms with Gasteiger partial charge in [0.2, 0.25) is 5.95 Å². The third-order valence-corrected chi connectivity index (χ3v) is 1.25. The number of aromatic nitrogens is 2. The van der Waals surface area contributed by atoms with Crippen LogP contribution in [0.1, 0.15) is 5.56 Å². The van der Waals surface area contributed by atoms with Crippen LogP contribution in [0.3, 0.4) is 0 Å². The van der Waals surface area contributed by atoms with Gasteiger partial charge in [-0.2, -0.15) is 5.26 Å². The van der Waals surface area contributed by atoms with Crippen molar-refractivity contribution in [1.29, 1.82) is 5.26 Å². The van der Waals surface area contributed by atoms with Gasteiger partial charge in [-0.15, -0.1) is 0 Å². The molecule has 0 aliphatic carbocycles. The number of nitrogens with one attached hydrogen (secondary N) is 1. The molecule has 0 aromatic carbocycles. The van der Waals surface area contributed by atoms with Gasteiger partial charge in [0.1, 0.15) is 0 Å². The fourth-order valence-corrected chi connectivity index (χ4v) is 0.687. The topological polar surface area (TPSA) is 61.6 Å². The number of rotatable bonds is 2. The third kappa shape index (κ3) is 2.06. The van der Waals surface area contributed by atoms with E-state index in [2.05, 4.69) is 15.3 Å². The second-order valence-corrected chi connectivity index (χ2v) is 2.05. The third-order valence-electron chi connectivity index (χ3n) is 1.25. The van der Waals surface area contributed by atoms with Gasteiger partial charge in [0.15, 0.2) is 0 Å². The fraction of sp³-hybridized carbons (Fsp3) is 0.125. The smallest absolute Gasteiger partial charge is 0.222 e. The summed E-state index contributed by atoms with van der Waals surface area (Å²) in [6, 6.07) is 1.89. The van der Waals surface area contributed by atoms with E-state index < -0.39 is 0 Å². The summed E-state index contributed by atoms with van der Waals surface area (Å²) in [5.74, 6) is 0.573. The van der Waals surface area contributed by atoms with Gasteiger partial charge < -0.3 is 5.32 Å². The maximum atomic E-state index is 8.24. The van der Waals surface area contributed by atoms with Gasteiger partial charge in [0.25, 0.3) is 0 Å². The Bertz CT molecular complexity index is 307. The molecule has 1 N–H and O–H groups in total. The van der Waals surface area contributed by atoms with Gasteiger partial charge in [-0.25, -0.2) is 9.97 Å². The molecule has 1 rings (SSSR count). The molecule has 0 bridgehead atoms. The minimum Gasteiger partial charge on any atom is -0.357 e. The summed E-state index contributed by atoms with van der Waals surface area (Å²) in [4.78, 5) is 7.93. The van der Waals surface area contributed by atoms with Crippen molar-refractivity contribution >= 4 is 12.0 Å². The average molecular weight is 160 g/mol. The molecular weight excluding hydrogens is 152 g/mol. The maximum absolute atomic E-state index is 8.24. The van der Waals surface area contributed by atoms with E-state index >= 15 is 0 Å². The molecule has 1 aromatic heterocycles. The lowest BCUT2D eigenvalue weighted by Gasteiger charge is -1.95. The molecule has 0 unspecified atom stereocenters. The van der Waals surface area contributed by atoms with Crippen LogP contribution in [0.25, 0.3) is 6.08 Å². The van der Waals surface area contributed by atoms with Crippen LogP contribution in [0.5, 0.6) is 0 Å². The minimum absolute atomic E-state index is 0.573. The quantitative estimate of drug-likeness (QED) is 0.657. The van der Waals surface area contributed by atoms with Gasteiger partial charge in [-0.05, 0) is 6.08 Å². The summed E-state index contributed by atoms with van der Waals surface area (Å²) in [6.45, 7) is 0. The summed E-state index contributed by atoms with van der Waals surface area (Å²) < 4.78 is 0. The van der Waals surface area contributed by atoms with Gasteiger partial charge >= 0.3 is 0 Å². The van der Waals surface area contributed by atoms with Crippen LogP contribution in [0, 0.1) is 11.3 Å². The van der Waals surface area contributed by atoms with E-state index in [9.17, 15) is 0 Å². The summed E-state index contributed by atoms with van der Waals surface area (Å²) in [5, 5.41) is 11.0. The van der Waals surface area contributed by atoms with Crippen molar-refractivity contribution in [3.05, 3.63) is 24.0 Å². The van der Waals surface area contributed by atoms with E-state index in [0.29, 0.717) is 5.95 Å². The number of hydrogen-bond acceptors (Lipinski definition) is 4. The SMILES string of the molecule is CNc1ncc(C=CC#N)cn1. The Morgan fingerprint density at radius 3 is 2.67 bits per heavy atom. The molecule has 4 heteroatoms. The molecule has 0 atom stereocenters. The Balaban J connectivity index is 2.79. The standard InChI is InChI=1S/C8H8N4/c1-10-8-11-5-7(6-12-8)3-2-4-9/h2-3,5-6H,1H3,(H,10,11,12). The van der Waals surface area contributed by atoms with Crippen molar-refractivity contribution in [1.82, 2.24) is 9.97 Å². The molecule has 0 saturated heterocycles. The first kappa shape index (κ1) is 8.21. The first-order valence-corrected chi connectivity index (χ1v) is 3.43. The molecule has 12 heavy (non-hydrogen) atoms. The van der Waals surface area contributed by atoms with Crippen molar-refractivity contribution in [2.24, 2.45) is 0 Å². The van der Waals surface area contributed by atoms with E-state index in [1.54, 1.807) is 25.5 Å². The highest BCUT2D eigenvalue weighted by molar-refractivity contribution is 5.50. The molecule has 4 nitrogen and oxygen atoms in total. The van der Waals surface area contributed by atoms with Crippen molar-refractivity contribution in [3.8, 4) is 6.07 Å². The van der Waals surface area contributed by atoms with E-state index in [-0.39, 0.29) is 0 Å². The summed E-state index contributed by atoms with van der Waals surface area (Å²) in [7, 11) is 1.75. The molecule has 0 aliphatic rings. The highest BCUT2D eigenvalue weighted by atomic mass is 15.1. The Morgan fingerprint density at radius 2 is 2.17 bits per heavy atom. The molecule has 0 amide bonds. The second-order valence-electron chi connectivity index (χ2n) is 2.05. The first-order valence-electron chi connectivity index (χ1n) is 3.43. The number of allylic oxidation sites excluding steroid dienone is 1. The molecule has 0 spiro atoms. The number of hydrogen-bond donors (Lipinski definition) is 1. The largest absolute Gasteiger partial charge is 0.357 e. The van der Waals surface area contributed by atoms with E-state index in [0.717, 1.165) is 5.56 Å². The van der Waals surface area contributed by atoms with Crippen LogP contribution in [-0.2, 0) is 0 Å². The zero-order chi connectivity index (χ0) is 8.81. The second kappa shape index (κ2) is 4.09. The molecule has 0 fully saturated rings. The molecule has 1 aromatic rings. The number of nitriles is 1. The highest BCUT2D eigenvalue weighted by Gasteiger charge is 1.89. The van der Waals surface area contributed by atoms with Crippen LogP contribution in [0.4, 0.5) is 5.95 Å². The Labute approximate surface area is 70.6 Å². The summed E-state index contributed by atoms with van der Waals surface area (Å²) in [6.07, 6.45) is 6.33. The molecule has 1 heterocycles. The van der Waals surface area contributed by atoms with Crippen LogP contribution >= 0.6 is 0 Å². The lowest BCUT2D eigenvalue weighted by Crippen LogP contribution is -1.94. The van der Waals surface area contributed by atoms with Gasteiger partial charge in [0.05, 0.1) is 6.07 Å². The summed E-state index contributed by atoms with van der Waals surface area (Å²) in [5.41, 5.74) is 0.815. The van der Waals surface area contributed by atoms with Gasteiger partial charge in [0, 0.05) is 31.1 Å². The lowest BCUT2D eigenvalue weighted by molar-refractivity contribution is 1.14. The van der Waals surface area contributed by atoms with Gasteiger partial charge in [-0.1, -0.05) is 0 Å². The Kier molecular flexibility index (Phi) is 2.79. The maximum Gasteiger partial charge on any atom is 0.222 e. The van der Waals surface area contributed by atoms with Crippen molar-refractivity contribution < 1.29 is 0 Å². The predicted octanol–water partition coefficient (Wildman–Crippen LogP) is 1.06. The van der Waals surface area contributed by atoms with E-state index in [4.69, 9.17) is 5.26 Å². The highest BCUT2D eigenvalue weighted by Crippen LogP contribution is 2.00. The number of nitrogens with zero attached hydrogens (tertiary/aromatic N) is 3. The zero-order valence-corrected chi connectivity index (χ0v) is 6.65. The van der Waals surface area contributed by atoms with Crippen molar-refractivity contribution in [2.45, 2.75) is 0 Å². The van der Waals surface area contributed by atoms with E-state index in [1.165, 1.54) is 6.08 Å². The van der Waals surface area contributed by atoms with E-state index in [1.807, 2.05) is 6.07 Å². The molecule has 0 aliphatic heterocycles. The average Bonchev–Trinajstić information content (AvgIpc) is 2.15. The Hall–Kier alpha value is -1.89. The summed E-state index contributed by atoms with van der Waals surface area (Å²) >= 11 is 0. The van der Waals surface area contributed by atoms with Crippen molar-refractivity contribution in [3.63, 3.8) is 0 Å². The molecule has 0 saturated carbocycles. The first-order chi connectivity index (χ1) is 5.86. The molecular formula is C8H8N4. The monoisotopic (exact) mass is 160 g/mol. The predicted molar refractivity (Wildman–Crippen MR) is 46.2 cm³/mol. The van der Waals surface area contributed by atoms with Gasteiger partial charge in [-0.3, -0.25) is 0 Å². The zero-order valence-electron chi connectivity index (χ0n) is 6.65. The van der Waals surface area contributed by atoms with Crippen LogP contribution in [-0.4, -0.2) is 17.0 Å².